The minimum Gasteiger partial charge on any atom is -0.392 e. The Hall–Kier alpha value is -2.13. The zero-order chi connectivity index (χ0) is 23.8. The molecule has 0 bridgehead atoms. The second kappa shape index (κ2) is 9.85. The quantitative estimate of drug-likeness (QED) is 0.501. The van der Waals surface area contributed by atoms with Crippen molar-refractivity contribution in [3.63, 3.8) is 0 Å². The largest absolute Gasteiger partial charge is 0.392 e. The SMILES string of the molecule is C[C@H](O)CN1CCC[C@H](C2CN(c3cc(N[C@H](C)c4ccc(Cl)cc4Cl)n4ncnc4n3)C2)C1. The summed E-state index contributed by atoms with van der Waals surface area (Å²) in [5, 5.41) is 18.9. The lowest BCUT2D eigenvalue weighted by molar-refractivity contribution is 0.0725. The van der Waals surface area contributed by atoms with Crippen LogP contribution in [-0.4, -0.2) is 68.4 Å². The van der Waals surface area contributed by atoms with Crippen LogP contribution in [-0.2, 0) is 0 Å². The number of hydrogen-bond donors (Lipinski definition) is 2. The molecule has 2 saturated heterocycles. The first-order chi connectivity index (χ1) is 16.4. The van der Waals surface area contributed by atoms with E-state index in [1.165, 1.54) is 19.2 Å². The number of nitrogens with zero attached hydrogens (tertiary/aromatic N) is 6. The fourth-order valence-corrected chi connectivity index (χ4v) is 5.80. The first kappa shape index (κ1) is 23.6. The molecule has 2 N–H and O–H groups in total. The van der Waals surface area contributed by atoms with Crippen molar-refractivity contribution in [1.29, 1.82) is 0 Å². The molecule has 0 amide bonds. The Morgan fingerprint density at radius 3 is 2.74 bits per heavy atom. The Balaban J connectivity index is 1.29. The van der Waals surface area contributed by atoms with Gasteiger partial charge in [-0.25, -0.2) is 0 Å². The second-order valence-corrected chi connectivity index (χ2v) is 10.5. The molecule has 1 aromatic carbocycles. The fourth-order valence-electron chi connectivity index (χ4n) is 5.23. The molecular weight excluding hydrogens is 473 g/mol. The molecule has 34 heavy (non-hydrogen) atoms. The van der Waals surface area contributed by atoms with E-state index in [2.05, 4.69) is 32.1 Å². The number of aromatic nitrogens is 4. The Morgan fingerprint density at radius 2 is 1.97 bits per heavy atom. The standard InChI is InChI=1S/C24H31Cl2N7O/c1-15(34)10-31-7-3-4-17(11-31)18-12-32(13-18)22-9-23(33-24(30-22)27-14-28-33)29-16(2)20-6-5-19(25)8-21(20)26/h5-6,8-9,14-18,29,34H,3-4,7,10-13H2,1-2H3/t15-,16+,17-/m0/s1. The molecule has 2 fully saturated rings. The molecule has 0 unspecified atom stereocenters. The van der Waals surface area contributed by atoms with E-state index in [1.807, 2.05) is 25.1 Å². The van der Waals surface area contributed by atoms with Crippen LogP contribution in [0.15, 0.2) is 30.6 Å². The molecule has 4 heterocycles. The van der Waals surface area contributed by atoms with Gasteiger partial charge in [0.1, 0.15) is 18.0 Å². The predicted molar refractivity (Wildman–Crippen MR) is 136 cm³/mol. The van der Waals surface area contributed by atoms with E-state index < -0.39 is 0 Å². The first-order valence-electron chi connectivity index (χ1n) is 11.9. The van der Waals surface area contributed by atoms with Gasteiger partial charge < -0.3 is 20.2 Å². The lowest BCUT2D eigenvalue weighted by Gasteiger charge is -2.47. The van der Waals surface area contributed by atoms with Crippen LogP contribution >= 0.6 is 23.2 Å². The van der Waals surface area contributed by atoms with Crippen LogP contribution < -0.4 is 10.2 Å². The maximum Gasteiger partial charge on any atom is 0.256 e. The van der Waals surface area contributed by atoms with Crippen molar-refractivity contribution in [2.24, 2.45) is 11.8 Å². The van der Waals surface area contributed by atoms with Crippen LogP contribution in [0.3, 0.4) is 0 Å². The molecule has 0 aliphatic carbocycles. The van der Waals surface area contributed by atoms with Gasteiger partial charge in [-0.2, -0.15) is 19.6 Å². The molecule has 2 aliphatic rings. The molecule has 10 heteroatoms. The lowest BCUT2D eigenvalue weighted by Crippen LogP contribution is -2.54. The van der Waals surface area contributed by atoms with Crippen LogP contribution in [0.2, 0.25) is 10.0 Å². The summed E-state index contributed by atoms with van der Waals surface area (Å²) in [5.74, 6) is 3.62. The maximum atomic E-state index is 9.76. The summed E-state index contributed by atoms with van der Waals surface area (Å²) in [6.45, 7) is 8.84. The van der Waals surface area contributed by atoms with Gasteiger partial charge in [-0.15, -0.1) is 0 Å². The Kier molecular flexibility index (Phi) is 6.84. The minimum absolute atomic E-state index is 0.0568. The van der Waals surface area contributed by atoms with Gasteiger partial charge in [0.25, 0.3) is 5.78 Å². The summed E-state index contributed by atoms with van der Waals surface area (Å²) in [5.41, 5.74) is 0.959. The molecule has 5 rings (SSSR count). The smallest absolute Gasteiger partial charge is 0.256 e. The highest BCUT2D eigenvalue weighted by molar-refractivity contribution is 6.35. The number of likely N-dealkylation sites (tertiary alicyclic amines) is 1. The van der Waals surface area contributed by atoms with Gasteiger partial charge in [-0.1, -0.05) is 29.3 Å². The summed E-state index contributed by atoms with van der Waals surface area (Å²) in [6, 6.07) is 7.52. The number of aliphatic hydroxyl groups is 1. The Bertz CT molecular complexity index is 1150. The number of aliphatic hydroxyl groups excluding tert-OH is 1. The van der Waals surface area contributed by atoms with Crippen LogP contribution in [0.1, 0.15) is 38.3 Å². The molecule has 8 nitrogen and oxygen atoms in total. The van der Waals surface area contributed by atoms with E-state index in [0.717, 1.165) is 49.9 Å². The monoisotopic (exact) mass is 503 g/mol. The molecule has 0 spiro atoms. The molecule has 3 aromatic rings. The van der Waals surface area contributed by atoms with Gasteiger partial charge >= 0.3 is 0 Å². The van der Waals surface area contributed by atoms with Crippen molar-refractivity contribution < 1.29 is 5.11 Å². The van der Waals surface area contributed by atoms with Gasteiger partial charge in [-0.05, 0) is 62.8 Å². The van der Waals surface area contributed by atoms with Gasteiger partial charge in [0.05, 0.1) is 12.1 Å². The van der Waals surface area contributed by atoms with Crippen molar-refractivity contribution >= 4 is 40.6 Å². The van der Waals surface area contributed by atoms with E-state index >= 15 is 0 Å². The van der Waals surface area contributed by atoms with E-state index in [9.17, 15) is 5.11 Å². The zero-order valence-electron chi connectivity index (χ0n) is 19.5. The number of hydrogen-bond acceptors (Lipinski definition) is 7. The van der Waals surface area contributed by atoms with Gasteiger partial charge in [-0.3, -0.25) is 0 Å². The summed E-state index contributed by atoms with van der Waals surface area (Å²) in [7, 11) is 0. The second-order valence-electron chi connectivity index (χ2n) is 9.68. The van der Waals surface area contributed by atoms with Crippen LogP contribution in [0, 0.1) is 11.8 Å². The number of rotatable bonds is 7. The van der Waals surface area contributed by atoms with E-state index in [1.54, 1.807) is 10.6 Å². The first-order valence-corrected chi connectivity index (χ1v) is 12.7. The van der Waals surface area contributed by atoms with Crippen molar-refractivity contribution in [3.8, 4) is 0 Å². The van der Waals surface area contributed by atoms with E-state index in [4.69, 9.17) is 28.2 Å². The summed E-state index contributed by atoms with van der Waals surface area (Å²) < 4.78 is 1.72. The van der Waals surface area contributed by atoms with Crippen molar-refractivity contribution in [3.05, 3.63) is 46.2 Å². The van der Waals surface area contributed by atoms with Gasteiger partial charge in [0.2, 0.25) is 0 Å². The summed E-state index contributed by atoms with van der Waals surface area (Å²) in [4.78, 5) is 13.8. The third-order valence-electron chi connectivity index (χ3n) is 7.00. The number of fused-ring (bicyclic) bond motifs is 1. The van der Waals surface area contributed by atoms with Crippen LogP contribution in [0.25, 0.3) is 5.78 Å². The fraction of sp³-hybridized carbons (Fsp3) is 0.542. The highest BCUT2D eigenvalue weighted by atomic mass is 35.5. The van der Waals surface area contributed by atoms with Gasteiger partial charge in [0.15, 0.2) is 0 Å². The summed E-state index contributed by atoms with van der Waals surface area (Å²) in [6.07, 6.45) is 3.72. The highest BCUT2D eigenvalue weighted by Gasteiger charge is 2.36. The number of nitrogens with one attached hydrogen (secondary N) is 1. The Labute approximate surface area is 209 Å². The number of piperidine rings is 1. The molecule has 3 atom stereocenters. The van der Waals surface area contributed by atoms with Crippen LogP contribution in [0.4, 0.5) is 11.6 Å². The number of anilines is 2. The Morgan fingerprint density at radius 1 is 1.15 bits per heavy atom. The molecule has 2 aromatic heterocycles. The number of β-amino-alcohol motifs (C(OH)–C–C–N with tert-alkyl or cyclic N) is 1. The van der Waals surface area contributed by atoms with Crippen molar-refractivity contribution in [2.45, 2.75) is 38.8 Å². The molecule has 0 saturated carbocycles. The molecular formula is C24H31Cl2N7O. The summed E-state index contributed by atoms with van der Waals surface area (Å²) >= 11 is 12.5. The average molecular weight is 504 g/mol. The highest BCUT2D eigenvalue weighted by Crippen LogP contribution is 2.35. The average Bonchev–Trinajstić information content (AvgIpc) is 3.21. The third-order valence-corrected chi connectivity index (χ3v) is 7.56. The topological polar surface area (TPSA) is 81.8 Å². The van der Waals surface area contributed by atoms with E-state index in [0.29, 0.717) is 27.7 Å². The molecule has 182 valence electrons. The van der Waals surface area contributed by atoms with Gasteiger partial charge in [0, 0.05) is 42.3 Å². The van der Waals surface area contributed by atoms with Crippen molar-refractivity contribution in [1.82, 2.24) is 24.5 Å². The predicted octanol–water partition coefficient (Wildman–Crippen LogP) is 4.13. The van der Waals surface area contributed by atoms with Crippen molar-refractivity contribution in [2.75, 3.05) is 42.9 Å². The normalized spacial score (nSPS) is 21.4. The molecule has 0 radical (unpaired) electrons. The third kappa shape index (κ3) is 4.96. The lowest BCUT2D eigenvalue weighted by atomic mass is 9.80. The zero-order valence-corrected chi connectivity index (χ0v) is 21.0. The number of halogens is 2. The minimum atomic E-state index is -0.271. The van der Waals surface area contributed by atoms with E-state index in [-0.39, 0.29) is 12.1 Å². The van der Waals surface area contributed by atoms with Crippen LogP contribution in [0.5, 0.6) is 0 Å². The maximum absolute atomic E-state index is 9.76. The molecule has 2 aliphatic heterocycles. The number of benzene rings is 1.